The second kappa shape index (κ2) is 5.14. The Morgan fingerprint density at radius 2 is 2.28 bits per heavy atom. The number of aromatic nitrogens is 1. The van der Waals surface area contributed by atoms with Crippen molar-refractivity contribution in [2.75, 3.05) is 11.9 Å². The van der Waals surface area contributed by atoms with E-state index < -0.39 is 0 Å². The largest absolute Gasteiger partial charge is 0.369 e. The third-order valence-corrected chi connectivity index (χ3v) is 3.61. The van der Waals surface area contributed by atoms with E-state index in [9.17, 15) is 4.79 Å². The number of carbonyl (C=O) groups is 1. The maximum absolute atomic E-state index is 12.0. The predicted molar refractivity (Wildman–Crippen MR) is 73.1 cm³/mol. The summed E-state index contributed by atoms with van der Waals surface area (Å²) in [4.78, 5) is 16.2. The smallest absolute Gasteiger partial charge is 0.253 e. The van der Waals surface area contributed by atoms with Crippen LogP contribution in [0.4, 0.5) is 5.82 Å². The van der Waals surface area contributed by atoms with Crippen LogP contribution in [0, 0.1) is 0 Å². The van der Waals surface area contributed by atoms with E-state index in [1.807, 2.05) is 6.92 Å². The Morgan fingerprint density at radius 1 is 1.56 bits per heavy atom. The van der Waals surface area contributed by atoms with Gasteiger partial charge < -0.3 is 10.6 Å². The van der Waals surface area contributed by atoms with E-state index in [2.05, 4.69) is 22.5 Å². The van der Waals surface area contributed by atoms with Gasteiger partial charge in [-0.05, 0) is 39.2 Å². The first-order valence-electron chi connectivity index (χ1n) is 6.26. The van der Waals surface area contributed by atoms with Gasteiger partial charge in [0.2, 0.25) is 0 Å². The summed E-state index contributed by atoms with van der Waals surface area (Å²) in [5, 5.41) is 6.54. The lowest BCUT2D eigenvalue weighted by Gasteiger charge is -2.39. The minimum Gasteiger partial charge on any atom is -0.369 e. The van der Waals surface area contributed by atoms with Gasteiger partial charge in [-0.2, -0.15) is 0 Å². The first kappa shape index (κ1) is 13.1. The maximum Gasteiger partial charge on any atom is 0.253 e. The molecule has 1 fully saturated rings. The monoisotopic (exact) mass is 267 g/mol. The number of anilines is 1. The molecule has 0 spiro atoms. The van der Waals surface area contributed by atoms with Crippen LogP contribution in [-0.4, -0.2) is 23.0 Å². The lowest BCUT2D eigenvalue weighted by Crippen LogP contribution is -2.50. The Balaban J connectivity index is 2.08. The Labute approximate surface area is 112 Å². The van der Waals surface area contributed by atoms with Crippen LogP contribution in [0.15, 0.2) is 12.3 Å². The van der Waals surface area contributed by atoms with E-state index in [1.165, 1.54) is 6.42 Å². The number of hydrogen-bond donors (Lipinski definition) is 2. The third-order valence-electron chi connectivity index (χ3n) is 3.32. The molecule has 18 heavy (non-hydrogen) atoms. The second-order valence-electron chi connectivity index (χ2n) is 4.95. The lowest BCUT2D eigenvalue weighted by molar-refractivity contribution is 0.0850. The second-order valence-corrected chi connectivity index (χ2v) is 5.36. The molecular formula is C13H18ClN3O. The predicted octanol–water partition coefficient (Wildman–Crippen LogP) is 2.84. The fourth-order valence-electron chi connectivity index (χ4n) is 2.04. The van der Waals surface area contributed by atoms with Crippen molar-refractivity contribution in [2.24, 2.45) is 0 Å². The van der Waals surface area contributed by atoms with E-state index in [4.69, 9.17) is 11.6 Å². The molecule has 0 saturated heterocycles. The van der Waals surface area contributed by atoms with Crippen LogP contribution in [0.5, 0.6) is 0 Å². The molecule has 0 radical (unpaired) electrons. The average molecular weight is 268 g/mol. The van der Waals surface area contributed by atoms with Gasteiger partial charge in [-0.3, -0.25) is 4.79 Å². The average Bonchev–Trinajstić information content (AvgIpc) is 2.30. The highest BCUT2D eigenvalue weighted by Gasteiger charge is 2.33. The number of rotatable bonds is 4. The van der Waals surface area contributed by atoms with E-state index in [0.717, 1.165) is 19.4 Å². The number of nitrogens with zero attached hydrogens (tertiary/aromatic N) is 1. The molecular weight excluding hydrogens is 250 g/mol. The van der Waals surface area contributed by atoms with Gasteiger partial charge in [-0.25, -0.2) is 4.98 Å². The SMILES string of the molecule is CCNc1ncc(C(=O)NC2(C)CCC2)cc1Cl. The molecule has 2 N–H and O–H groups in total. The van der Waals surface area contributed by atoms with Crippen LogP contribution in [0.25, 0.3) is 0 Å². The van der Waals surface area contributed by atoms with Crippen molar-refractivity contribution in [1.82, 2.24) is 10.3 Å². The maximum atomic E-state index is 12.0. The molecule has 0 unspecified atom stereocenters. The summed E-state index contributed by atoms with van der Waals surface area (Å²) in [5.74, 6) is 0.514. The number of amides is 1. The normalized spacial score (nSPS) is 16.8. The van der Waals surface area contributed by atoms with Gasteiger partial charge in [0.25, 0.3) is 5.91 Å². The quantitative estimate of drug-likeness (QED) is 0.882. The fraction of sp³-hybridized carbons (Fsp3) is 0.538. The first-order chi connectivity index (χ1) is 8.54. The van der Waals surface area contributed by atoms with Crippen molar-refractivity contribution in [1.29, 1.82) is 0 Å². The Bertz CT molecular complexity index is 458. The van der Waals surface area contributed by atoms with Crippen molar-refractivity contribution in [3.05, 3.63) is 22.8 Å². The molecule has 1 aromatic rings. The van der Waals surface area contributed by atoms with E-state index >= 15 is 0 Å². The van der Waals surface area contributed by atoms with E-state index in [1.54, 1.807) is 12.3 Å². The highest BCUT2D eigenvalue weighted by atomic mass is 35.5. The summed E-state index contributed by atoms with van der Waals surface area (Å²) in [6.45, 7) is 4.78. The first-order valence-corrected chi connectivity index (χ1v) is 6.64. The minimum absolute atomic E-state index is 0.0517. The lowest BCUT2D eigenvalue weighted by atomic mass is 9.78. The highest BCUT2D eigenvalue weighted by Crippen LogP contribution is 2.31. The summed E-state index contributed by atoms with van der Waals surface area (Å²) in [6.07, 6.45) is 4.81. The van der Waals surface area contributed by atoms with Crippen LogP contribution >= 0.6 is 11.6 Å². The van der Waals surface area contributed by atoms with Crippen LogP contribution < -0.4 is 10.6 Å². The van der Waals surface area contributed by atoms with Gasteiger partial charge in [0, 0.05) is 18.3 Å². The molecule has 4 nitrogen and oxygen atoms in total. The van der Waals surface area contributed by atoms with Gasteiger partial charge in [-0.1, -0.05) is 11.6 Å². The molecule has 98 valence electrons. The van der Waals surface area contributed by atoms with Crippen LogP contribution in [0.2, 0.25) is 5.02 Å². The van der Waals surface area contributed by atoms with Crippen molar-refractivity contribution in [2.45, 2.75) is 38.6 Å². The Hall–Kier alpha value is -1.29. The summed E-state index contributed by atoms with van der Waals surface area (Å²) in [6, 6.07) is 1.66. The number of carbonyl (C=O) groups excluding carboxylic acids is 1. The van der Waals surface area contributed by atoms with Gasteiger partial charge in [0.15, 0.2) is 0 Å². The molecule has 1 amide bonds. The van der Waals surface area contributed by atoms with Crippen LogP contribution in [0.3, 0.4) is 0 Å². The molecule has 0 aliphatic heterocycles. The highest BCUT2D eigenvalue weighted by molar-refractivity contribution is 6.33. The molecule has 0 atom stereocenters. The van der Waals surface area contributed by atoms with Crippen molar-refractivity contribution in [3.8, 4) is 0 Å². The zero-order chi connectivity index (χ0) is 13.2. The molecule has 1 aliphatic rings. The zero-order valence-corrected chi connectivity index (χ0v) is 11.5. The summed E-state index contributed by atoms with van der Waals surface area (Å²) < 4.78 is 0. The molecule has 2 rings (SSSR count). The number of hydrogen-bond acceptors (Lipinski definition) is 3. The Kier molecular flexibility index (Phi) is 3.76. The third kappa shape index (κ3) is 2.75. The molecule has 0 aromatic carbocycles. The molecule has 5 heteroatoms. The van der Waals surface area contributed by atoms with Crippen molar-refractivity contribution < 1.29 is 4.79 Å². The van der Waals surface area contributed by atoms with Gasteiger partial charge in [-0.15, -0.1) is 0 Å². The molecule has 0 bridgehead atoms. The standard InChI is InChI=1S/C13H18ClN3O/c1-3-15-11-10(14)7-9(8-16-11)12(18)17-13(2)5-4-6-13/h7-8H,3-6H2,1-2H3,(H,15,16)(H,17,18). The molecule has 1 heterocycles. The van der Waals surface area contributed by atoms with Crippen LogP contribution in [0.1, 0.15) is 43.5 Å². The summed E-state index contributed by atoms with van der Waals surface area (Å²) >= 11 is 6.07. The van der Waals surface area contributed by atoms with Crippen molar-refractivity contribution in [3.63, 3.8) is 0 Å². The van der Waals surface area contributed by atoms with Gasteiger partial charge >= 0.3 is 0 Å². The topological polar surface area (TPSA) is 54.0 Å². The van der Waals surface area contributed by atoms with Gasteiger partial charge in [0.1, 0.15) is 5.82 Å². The summed E-state index contributed by atoms with van der Waals surface area (Å²) in [5.41, 5.74) is 0.457. The van der Waals surface area contributed by atoms with E-state index in [0.29, 0.717) is 16.4 Å². The zero-order valence-electron chi connectivity index (χ0n) is 10.7. The van der Waals surface area contributed by atoms with E-state index in [-0.39, 0.29) is 11.4 Å². The number of halogens is 1. The molecule has 1 saturated carbocycles. The fourth-order valence-corrected chi connectivity index (χ4v) is 2.27. The van der Waals surface area contributed by atoms with Gasteiger partial charge in [0.05, 0.1) is 10.6 Å². The molecule has 1 aromatic heterocycles. The number of nitrogens with one attached hydrogen (secondary N) is 2. The molecule has 1 aliphatic carbocycles. The van der Waals surface area contributed by atoms with Crippen LogP contribution in [-0.2, 0) is 0 Å². The van der Waals surface area contributed by atoms with Crippen molar-refractivity contribution >= 4 is 23.3 Å². The minimum atomic E-state index is -0.102. The summed E-state index contributed by atoms with van der Waals surface area (Å²) in [7, 11) is 0. The number of pyridine rings is 1. The Morgan fingerprint density at radius 3 is 2.78 bits per heavy atom.